The van der Waals surface area contributed by atoms with E-state index in [4.69, 9.17) is 14.2 Å². The van der Waals surface area contributed by atoms with Crippen LogP contribution in [0.4, 0.5) is 5.69 Å². The van der Waals surface area contributed by atoms with Gasteiger partial charge in [-0.1, -0.05) is 44.2 Å². The molecule has 10 nitrogen and oxygen atoms in total. The average Bonchev–Trinajstić information content (AvgIpc) is 3.01. The van der Waals surface area contributed by atoms with Crippen LogP contribution in [0.1, 0.15) is 33.3 Å². The lowest BCUT2D eigenvalue weighted by Gasteiger charge is -2.32. The molecule has 11 heteroatoms. The van der Waals surface area contributed by atoms with Gasteiger partial charge in [0, 0.05) is 19.2 Å². The summed E-state index contributed by atoms with van der Waals surface area (Å²) in [5.41, 5.74) is 1.05. The maximum atomic E-state index is 14.2. The van der Waals surface area contributed by atoms with Gasteiger partial charge in [-0.05, 0) is 61.7 Å². The minimum atomic E-state index is -4.30. The zero-order chi connectivity index (χ0) is 31.6. The number of ether oxygens (including phenoxy) is 3. The van der Waals surface area contributed by atoms with Crippen LogP contribution in [0.3, 0.4) is 0 Å². The molecule has 3 rings (SSSR count). The first-order chi connectivity index (χ1) is 20.5. The Kier molecular flexibility index (Phi) is 11.8. The Bertz CT molecular complexity index is 1460. The van der Waals surface area contributed by atoms with E-state index in [-0.39, 0.29) is 34.7 Å². The van der Waals surface area contributed by atoms with E-state index in [0.29, 0.717) is 24.7 Å². The molecule has 0 aliphatic heterocycles. The fourth-order valence-electron chi connectivity index (χ4n) is 4.32. The summed E-state index contributed by atoms with van der Waals surface area (Å²) >= 11 is 0. The van der Waals surface area contributed by atoms with Gasteiger partial charge in [0.15, 0.2) is 11.5 Å². The van der Waals surface area contributed by atoms with Gasteiger partial charge in [0.25, 0.3) is 10.0 Å². The monoisotopic (exact) mass is 611 g/mol. The molecule has 3 aromatic rings. The molecule has 2 amide bonds. The number of sulfonamides is 1. The van der Waals surface area contributed by atoms with Crippen LogP contribution in [0.2, 0.25) is 0 Å². The molecule has 3 aromatic carbocycles. The maximum absolute atomic E-state index is 14.2. The van der Waals surface area contributed by atoms with E-state index in [0.717, 1.165) is 9.87 Å². The zero-order valence-electron chi connectivity index (χ0n) is 25.6. The van der Waals surface area contributed by atoms with E-state index >= 15 is 0 Å². The van der Waals surface area contributed by atoms with Crippen molar-refractivity contribution in [3.05, 3.63) is 78.4 Å². The number of methoxy groups -OCH3 is 2. The third kappa shape index (κ3) is 8.63. The summed E-state index contributed by atoms with van der Waals surface area (Å²) in [6.45, 7) is 7.89. The van der Waals surface area contributed by atoms with Crippen molar-refractivity contribution < 1.29 is 32.2 Å². The Morgan fingerprint density at radius 1 is 0.884 bits per heavy atom. The van der Waals surface area contributed by atoms with E-state index in [9.17, 15) is 18.0 Å². The molecule has 0 bridgehead atoms. The van der Waals surface area contributed by atoms with E-state index in [1.165, 1.54) is 37.3 Å². The molecular formula is C32H41N3O7S. The second-order valence-corrected chi connectivity index (χ2v) is 12.1. The summed E-state index contributed by atoms with van der Waals surface area (Å²) in [7, 11) is -1.43. The summed E-state index contributed by atoms with van der Waals surface area (Å²) in [5, 5.41) is 2.88. The summed E-state index contributed by atoms with van der Waals surface area (Å²) < 4.78 is 45.5. The van der Waals surface area contributed by atoms with Crippen LogP contribution in [0.15, 0.2) is 77.7 Å². The Balaban J connectivity index is 2.05. The first-order valence-corrected chi connectivity index (χ1v) is 15.5. The van der Waals surface area contributed by atoms with Crippen molar-refractivity contribution in [2.75, 3.05) is 38.2 Å². The van der Waals surface area contributed by atoms with E-state index in [1.54, 1.807) is 31.2 Å². The lowest BCUT2D eigenvalue weighted by molar-refractivity contribution is -0.139. The second-order valence-electron chi connectivity index (χ2n) is 10.3. The Labute approximate surface area is 254 Å². The van der Waals surface area contributed by atoms with Crippen molar-refractivity contribution in [1.82, 2.24) is 10.2 Å². The molecule has 0 heterocycles. The fourth-order valence-corrected chi connectivity index (χ4v) is 5.75. The molecule has 0 radical (unpaired) electrons. The van der Waals surface area contributed by atoms with Gasteiger partial charge in [-0.15, -0.1) is 0 Å². The summed E-state index contributed by atoms with van der Waals surface area (Å²) in [6, 6.07) is 19.1. The van der Waals surface area contributed by atoms with Crippen LogP contribution in [0, 0.1) is 5.92 Å². The molecule has 0 saturated carbocycles. The fraction of sp³-hybridized carbons (Fsp3) is 0.375. The van der Waals surface area contributed by atoms with Crippen molar-refractivity contribution in [2.24, 2.45) is 5.92 Å². The second kappa shape index (κ2) is 15.3. The first kappa shape index (κ1) is 33.3. The molecular weight excluding hydrogens is 570 g/mol. The van der Waals surface area contributed by atoms with E-state index in [1.807, 2.05) is 51.1 Å². The summed E-state index contributed by atoms with van der Waals surface area (Å²) in [4.78, 5) is 28.5. The SMILES string of the molecule is CCOc1ccc(N(CC(=O)N(Cc2ccccc2)[C@H](C)C(=O)NCC(C)C)S(=O)(=O)c2ccc(OC)c(OC)c2)cc1. The highest BCUT2D eigenvalue weighted by Crippen LogP contribution is 2.33. The van der Waals surface area contributed by atoms with E-state index in [2.05, 4.69) is 5.32 Å². The Hall–Kier alpha value is -4.25. The van der Waals surface area contributed by atoms with Crippen molar-refractivity contribution in [1.29, 1.82) is 0 Å². The quantitative estimate of drug-likeness (QED) is 0.269. The predicted molar refractivity (Wildman–Crippen MR) is 166 cm³/mol. The lowest BCUT2D eigenvalue weighted by atomic mass is 10.1. The van der Waals surface area contributed by atoms with Crippen molar-refractivity contribution >= 4 is 27.5 Å². The maximum Gasteiger partial charge on any atom is 0.264 e. The highest BCUT2D eigenvalue weighted by Gasteiger charge is 2.33. The Morgan fingerprint density at radius 3 is 2.12 bits per heavy atom. The Morgan fingerprint density at radius 2 is 1.53 bits per heavy atom. The highest BCUT2D eigenvalue weighted by atomic mass is 32.2. The van der Waals surface area contributed by atoms with Gasteiger partial charge in [0.2, 0.25) is 11.8 Å². The number of anilines is 1. The van der Waals surface area contributed by atoms with Crippen LogP contribution < -0.4 is 23.8 Å². The predicted octanol–water partition coefficient (Wildman–Crippen LogP) is 4.49. The largest absolute Gasteiger partial charge is 0.494 e. The van der Waals surface area contributed by atoms with Crippen molar-refractivity contribution in [3.63, 3.8) is 0 Å². The molecule has 0 aliphatic rings. The lowest BCUT2D eigenvalue weighted by Crippen LogP contribution is -2.51. The molecule has 1 N–H and O–H groups in total. The number of hydrogen-bond acceptors (Lipinski definition) is 7. The van der Waals surface area contributed by atoms with Gasteiger partial charge in [0.05, 0.1) is 31.4 Å². The third-order valence-corrected chi connectivity index (χ3v) is 8.48. The minimum absolute atomic E-state index is 0.0934. The highest BCUT2D eigenvalue weighted by molar-refractivity contribution is 7.92. The number of nitrogens with one attached hydrogen (secondary N) is 1. The molecule has 0 spiro atoms. The van der Waals surface area contributed by atoms with Gasteiger partial charge >= 0.3 is 0 Å². The zero-order valence-corrected chi connectivity index (χ0v) is 26.4. The standard InChI is InChI=1S/C32H41N3O7S/c1-7-42-27-15-13-26(14-16-27)35(43(38,39)28-17-18-29(40-5)30(19-28)41-6)22-31(36)34(21-25-11-9-8-10-12-25)24(4)32(37)33-20-23(2)3/h8-19,23-24H,7,20-22H2,1-6H3,(H,33,37)/t24-/m1/s1. The van der Waals surface area contributed by atoms with Crippen molar-refractivity contribution in [2.45, 2.75) is 45.2 Å². The average molecular weight is 612 g/mol. The van der Waals surface area contributed by atoms with Gasteiger partial charge in [-0.25, -0.2) is 8.42 Å². The van der Waals surface area contributed by atoms with Gasteiger partial charge in [-0.2, -0.15) is 0 Å². The first-order valence-electron chi connectivity index (χ1n) is 14.1. The van der Waals surface area contributed by atoms with Gasteiger partial charge < -0.3 is 24.4 Å². The van der Waals surface area contributed by atoms with Crippen LogP contribution in [0.5, 0.6) is 17.2 Å². The van der Waals surface area contributed by atoms with Crippen molar-refractivity contribution in [3.8, 4) is 17.2 Å². The van der Waals surface area contributed by atoms with Gasteiger partial charge in [0.1, 0.15) is 18.3 Å². The van der Waals surface area contributed by atoms with Gasteiger partial charge in [-0.3, -0.25) is 13.9 Å². The molecule has 0 aliphatic carbocycles. The molecule has 232 valence electrons. The summed E-state index contributed by atoms with van der Waals surface area (Å²) in [5.74, 6) is 0.490. The third-order valence-electron chi connectivity index (χ3n) is 6.71. The normalized spacial score (nSPS) is 11.9. The number of carbonyl (C=O) groups excluding carboxylic acids is 2. The minimum Gasteiger partial charge on any atom is -0.494 e. The van der Waals surface area contributed by atoms with Crippen LogP contribution in [-0.4, -0.2) is 65.1 Å². The smallest absolute Gasteiger partial charge is 0.264 e. The van der Waals surface area contributed by atoms with Crippen LogP contribution in [-0.2, 0) is 26.2 Å². The molecule has 0 fully saturated rings. The number of amides is 2. The number of nitrogens with zero attached hydrogens (tertiary/aromatic N) is 2. The molecule has 0 aromatic heterocycles. The van der Waals surface area contributed by atoms with E-state index < -0.39 is 28.5 Å². The number of benzene rings is 3. The molecule has 43 heavy (non-hydrogen) atoms. The topological polar surface area (TPSA) is 114 Å². The number of carbonyl (C=O) groups is 2. The summed E-state index contributed by atoms with van der Waals surface area (Å²) in [6.07, 6.45) is 0. The molecule has 0 saturated heterocycles. The van der Waals surface area contributed by atoms with Crippen LogP contribution in [0.25, 0.3) is 0 Å². The molecule has 1 atom stereocenters. The number of rotatable bonds is 15. The number of hydrogen-bond donors (Lipinski definition) is 1. The van der Waals surface area contributed by atoms with Crippen LogP contribution >= 0.6 is 0 Å². The molecule has 0 unspecified atom stereocenters.